The Balaban J connectivity index is 1.96. The maximum Gasteiger partial charge on any atom is 0.233 e. The summed E-state index contributed by atoms with van der Waals surface area (Å²) in [6.45, 7) is 4.66. The van der Waals surface area contributed by atoms with Crippen molar-refractivity contribution < 1.29 is 4.79 Å². The van der Waals surface area contributed by atoms with Gasteiger partial charge in [-0.3, -0.25) is 9.48 Å². The number of aromatic nitrogens is 3. The maximum atomic E-state index is 11.3. The molecule has 1 rings (SSSR count). The predicted molar refractivity (Wildman–Crippen MR) is 60.8 cm³/mol. The zero-order valence-electron chi connectivity index (χ0n) is 9.65. The quantitative estimate of drug-likeness (QED) is 0.600. The van der Waals surface area contributed by atoms with E-state index in [0.29, 0.717) is 13.1 Å². The molecule has 1 amide bonds. The first-order chi connectivity index (χ1) is 7.83. The van der Waals surface area contributed by atoms with Crippen molar-refractivity contribution in [2.24, 2.45) is 0 Å². The van der Waals surface area contributed by atoms with E-state index in [1.54, 1.807) is 17.1 Å². The summed E-state index contributed by atoms with van der Waals surface area (Å²) in [6.07, 6.45) is 5.56. The lowest BCUT2D eigenvalue weighted by atomic mass is 10.3. The highest BCUT2D eigenvalue weighted by molar-refractivity contribution is 5.77. The molecule has 0 spiro atoms. The molecule has 0 aromatic carbocycles. The first kappa shape index (κ1) is 12.6. The van der Waals surface area contributed by atoms with Gasteiger partial charge in [0.1, 0.15) is 0 Å². The third-order valence-electron chi connectivity index (χ3n) is 2.13. The molecule has 0 saturated carbocycles. The Morgan fingerprint density at radius 2 is 2.31 bits per heavy atom. The molecule has 90 valence electrons. The normalized spacial score (nSPS) is 10.3. The molecule has 0 unspecified atom stereocenters. The third-order valence-corrected chi connectivity index (χ3v) is 2.13. The van der Waals surface area contributed by atoms with Crippen molar-refractivity contribution >= 4 is 5.91 Å². The van der Waals surface area contributed by atoms with E-state index in [2.05, 4.69) is 27.9 Å². The van der Waals surface area contributed by atoms with E-state index in [1.807, 2.05) is 0 Å². The molecule has 0 aliphatic rings. The van der Waals surface area contributed by atoms with E-state index < -0.39 is 0 Å². The second-order valence-electron chi connectivity index (χ2n) is 3.55. The molecule has 16 heavy (non-hydrogen) atoms. The van der Waals surface area contributed by atoms with E-state index >= 15 is 0 Å². The molecule has 0 bridgehead atoms. The molecule has 0 aliphatic carbocycles. The largest absolute Gasteiger partial charge is 0.355 e. The summed E-state index contributed by atoms with van der Waals surface area (Å²) in [5.41, 5.74) is 0. The third kappa shape index (κ3) is 5.45. The van der Waals surface area contributed by atoms with Crippen LogP contribution in [-0.4, -0.2) is 40.5 Å². The fourth-order valence-electron chi connectivity index (χ4n) is 1.21. The Hall–Kier alpha value is -1.43. The summed E-state index contributed by atoms with van der Waals surface area (Å²) in [5, 5.41) is 13.4. The minimum Gasteiger partial charge on any atom is -0.355 e. The first-order valence-electron chi connectivity index (χ1n) is 5.64. The summed E-state index contributed by atoms with van der Waals surface area (Å²) in [6, 6.07) is 0. The van der Waals surface area contributed by atoms with Crippen LogP contribution in [0.5, 0.6) is 0 Å². The molecule has 0 atom stereocenters. The number of rotatable bonds is 8. The van der Waals surface area contributed by atoms with Crippen molar-refractivity contribution in [2.45, 2.75) is 26.3 Å². The molecule has 2 N–H and O–H groups in total. The Kier molecular flexibility index (Phi) is 6.17. The van der Waals surface area contributed by atoms with Crippen molar-refractivity contribution in [3.8, 4) is 0 Å². The molecule has 0 aliphatic heterocycles. The minimum absolute atomic E-state index is 0.0482. The van der Waals surface area contributed by atoms with Gasteiger partial charge in [-0.05, 0) is 6.42 Å². The van der Waals surface area contributed by atoms with Crippen molar-refractivity contribution in [2.75, 3.05) is 19.6 Å². The second-order valence-corrected chi connectivity index (χ2v) is 3.55. The van der Waals surface area contributed by atoms with Crippen molar-refractivity contribution in [1.29, 1.82) is 0 Å². The molecule has 0 saturated heterocycles. The van der Waals surface area contributed by atoms with E-state index in [-0.39, 0.29) is 5.91 Å². The van der Waals surface area contributed by atoms with Gasteiger partial charge in [-0.2, -0.15) is 0 Å². The Morgan fingerprint density at radius 3 is 3.00 bits per heavy atom. The van der Waals surface area contributed by atoms with E-state index in [0.717, 1.165) is 25.9 Å². The average Bonchev–Trinajstić information content (AvgIpc) is 2.78. The number of carbonyl (C=O) groups is 1. The zero-order chi connectivity index (χ0) is 11.6. The van der Waals surface area contributed by atoms with Crippen molar-refractivity contribution in [3.63, 3.8) is 0 Å². The fourth-order valence-corrected chi connectivity index (χ4v) is 1.21. The Morgan fingerprint density at radius 1 is 1.44 bits per heavy atom. The topological polar surface area (TPSA) is 71.8 Å². The van der Waals surface area contributed by atoms with Gasteiger partial charge in [0.25, 0.3) is 0 Å². The number of nitrogens with one attached hydrogen (secondary N) is 2. The smallest absolute Gasteiger partial charge is 0.233 e. The monoisotopic (exact) mass is 225 g/mol. The van der Waals surface area contributed by atoms with Crippen molar-refractivity contribution in [3.05, 3.63) is 12.4 Å². The first-order valence-corrected chi connectivity index (χ1v) is 5.64. The van der Waals surface area contributed by atoms with Crippen LogP contribution >= 0.6 is 0 Å². The average molecular weight is 225 g/mol. The SMILES string of the molecule is CCCCNC(=O)CNCCn1ccnn1. The minimum atomic E-state index is 0.0482. The van der Waals surface area contributed by atoms with Gasteiger partial charge in [-0.15, -0.1) is 5.10 Å². The van der Waals surface area contributed by atoms with E-state index in [9.17, 15) is 4.79 Å². The van der Waals surface area contributed by atoms with Crippen LogP contribution in [0.4, 0.5) is 0 Å². The van der Waals surface area contributed by atoms with Crippen molar-refractivity contribution in [1.82, 2.24) is 25.6 Å². The lowest BCUT2D eigenvalue weighted by Gasteiger charge is -2.05. The van der Waals surface area contributed by atoms with Gasteiger partial charge in [0, 0.05) is 19.3 Å². The van der Waals surface area contributed by atoms with Crippen LogP contribution in [0.2, 0.25) is 0 Å². The summed E-state index contributed by atoms with van der Waals surface area (Å²) >= 11 is 0. The van der Waals surface area contributed by atoms with Crippen LogP contribution in [0, 0.1) is 0 Å². The van der Waals surface area contributed by atoms with Crippen LogP contribution in [0.15, 0.2) is 12.4 Å². The molecule has 1 aromatic rings. The standard InChI is InChI=1S/C10H19N5O/c1-2-3-4-12-10(16)9-11-5-7-15-8-6-13-14-15/h6,8,11H,2-5,7,9H2,1H3,(H,12,16). The number of hydrogen-bond acceptors (Lipinski definition) is 4. The number of unbranched alkanes of at least 4 members (excludes halogenated alkanes) is 1. The van der Waals surface area contributed by atoms with Gasteiger partial charge in [-0.25, -0.2) is 0 Å². The van der Waals surface area contributed by atoms with Gasteiger partial charge >= 0.3 is 0 Å². The van der Waals surface area contributed by atoms with E-state index in [1.165, 1.54) is 0 Å². The Labute approximate surface area is 95.4 Å². The molecule has 6 nitrogen and oxygen atoms in total. The van der Waals surface area contributed by atoms with Gasteiger partial charge in [-0.1, -0.05) is 18.6 Å². The fraction of sp³-hybridized carbons (Fsp3) is 0.700. The molecule has 1 aromatic heterocycles. The molecule has 6 heteroatoms. The lowest BCUT2D eigenvalue weighted by molar-refractivity contribution is -0.120. The highest BCUT2D eigenvalue weighted by Crippen LogP contribution is 1.82. The van der Waals surface area contributed by atoms with Gasteiger partial charge in [0.15, 0.2) is 0 Å². The van der Waals surface area contributed by atoms with Gasteiger partial charge in [0.2, 0.25) is 5.91 Å². The van der Waals surface area contributed by atoms with E-state index in [4.69, 9.17) is 0 Å². The van der Waals surface area contributed by atoms with Gasteiger partial charge < -0.3 is 10.6 Å². The predicted octanol–water partition coefficient (Wildman–Crippen LogP) is -0.216. The highest BCUT2D eigenvalue weighted by atomic mass is 16.1. The van der Waals surface area contributed by atoms with Crippen LogP contribution < -0.4 is 10.6 Å². The Bertz CT molecular complexity index is 285. The number of hydrogen-bond donors (Lipinski definition) is 2. The van der Waals surface area contributed by atoms with Crippen LogP contribution in [-0.2, 0) is 11.3 Å². The second kappa shape index (κ2) is 7.81. The van der Waals surface area contributed by atoms with Crippen LogP contribution in [0.3, 0.4) is 0 Å². The van der Waals surface area contributed by atoms with Crippen LogP contribution in [0.1, 0.15) is 19.8 Å². The van der Waals surface area contributed by atoms with Gasteiger partial charge in [0.05, 0.1) is 19.3 Å². The van der Waals surface area contributed by atoms with Crippen LogP contribution in [0.25, 0.3) is 0 Å². The lowest BCUT2D eigenvalue weighted by Crippen LogP contribution is -2.35. The molecular formula is C10H19N5O. The molecule has 0 fully saturated rings. The number of amides is 1. The zero-order valence-corrected chi connectivity index (χ0v) is 9.65. The number of carbonyl (C=O) groups excluding carboxylic acids is 1. The maximum absolute atomic E-state index is 11.3. The molecule has 1 heterocycles. The highest BCUT2D eigenvalue weighted by Gasteiger charge is 1.98. The summed E-state index contributed by atoms with van der Waals surface area (Å²) in [5.74, 6) is 0.0482. The summed E-state index contributed by atoms with van der Waals surface area (Å²) in [7, 11) is 0. The summed E-state index contributed by atoms with van der Waals surface area (Å²) < 4.78 is 1.72. The molecule has 0 radical (unpaired) electrons. The number of nitrogens with zero attached hydrogens (tertiary/aromatic N) is 3. The summed E-state index contributed by atoms with van der Waals surface area (Å²) in [4.78, 5) is 11.3. The molecular weight excluding hydrogens is 206 g/mol.